The van der Waals surface area contributed by atoms with Crippen LogP contribution in [0.25, 0.3) is 0 Å². The Labute approximate surface area is 158 Å². The van der Waals surface area contributed by atoms with Crippen LogP contribution in [0.3, 0.4) is 0 Å². The summed E-state index contributed by atoms with van der Waals surface area (Å²) < 4.78 is 0. The zero-order valence-corrected chi connectivity index (χ0v) is 15.8. The van der Waals surface area contributed by atoms with Crippen molar-refractivity contribution >= 4 is 23.5 Å². The maximum absolute atomic E-state index is 12.6. The van der Waals surface area contributed by atoms with E-state index >= 15 is 0 Å². The minimum Gasteiger partial charge on any atom is -0.362 e. The number of hydrogen-bond acceptors (Lipinski definition) is 5. The molecule has 3 amide bonds. The second-order valence-corrected chi connectivity index (χ2v) is 6.80. The van der Waals surface area contributed by atoms with Crippen molar-refractivity contribution in [1.29, 1.82) is 0 Å². The van der Waals surface area contributed by atoms with Crippen molar-refractivity contribution in [2.24, 2.45) is 0 Å². The number of pyridine rings is 1. The Hall–Kier alpha value is -3.22. The van der Waals surface area contributed by atoms with Crippen LogP contribution in [0.5, 0.6) is 0 Å². The molecule has 0 bridgehead atoms. The number of fused-ring (bicyclic) bond motifs is 1. The average molecular weight is 366 g/mol. The van der Waals surface area contributed by atoms with Crippen LogP contribution in [0.15, 0.2) is 36.5 Å². The number of anilines is 1. The van der Waals surface area contributed by atoms with Gasteiger partial charge in [-0.3, -0.25) is 19.3 Å². The molecule has 0 saturated carbocycles. The fourth-order valence-corrected chi connectivity index (χ4v) is 3.14. The first-order valence-electron chi connectivity index (χ1n) is 8.68. The van der Waals surface area contributed by atoms with E-state index in [4.69, 9.17) is 0 Å². The molecule has 1 atom stereocenters. The number of hydrogen-bond donors (Lipinski definition) is 1. The van der Waals surface area contributed by atoms with Crippen molar-refractivity contribution in [3.05, 3.63) is 58.8 Å². The number of aryl methyl sites for hydroxylation is 1. The van der Waals surface area contributed by atoms with Gasteiger partial charge >= 0.3 is 0 Å². The maximum atomic E-state index is 12.6. The zero-order chi connectivity index (χ0) is 19.7. The molecule has 0 fully saturated rings. The minimum atomic E-state index is -0.905. The van der Waals surface area contributed by atoms with Crippen LogP contribution in [0, 0.1) is 6.92 Å². The summed E-state index contributed by atoms with van der Waals surface area (Å²) in [6.45, 7) is 3.67. The number of imide groups is 1. The molecule has 7 heteroatoms. The number of nitrogens with zero attached hydrogens (tertiary/aromatic N) is 3. The summed E-state index contributed by atoms with van der Waals surface area (Å²) in [7, 11) is 3.74. The minimum absolute atomic E-state index is 0.257. The molecule has 0 saturated heterocycles. The second-order valence-electron chi connectivity index (χ2n) is 6.80. The normalized spacial score (nSPS) is 14.1. The molecule has 0 radical (unpaired) electrons. The summed E-state index contributed by atoms with van der Waals surface area (Å²) >= 11 is 0. The summed E-state index contributed by atoms with van der Waals surface area (Å²) in [6, 6.07) is 7.86. The quantitative estimate of drug-likeness (QED) is 0.816. The molecule has 1 aromatic carbocycles. The zero-order valence-electron chi connectivity index (χ0n) is 15.8. The molecule has 3 rings (SSSR count). The Morgan fingerprint density at radius 2 is 1.89 bits per heavy atom. The number of amides is 3. The Balaban J connectivity index is 1.73. The lowest BCUT2D eigenvalue weighted by molar-refractivity contribution is -0.124. The molecule has 7 nitrogen and oxygen atoms in total. The van der Waals surface area contributed by atoms with Gasteiger partial charge in [-0.15, -0.1) is 0 Å². The maximum Gasteiger partial charge on any atom is 0.262 e. The van der Waals surface area contributed by atoms with Gasteiger partial charge in [0.1, 0.15) is 11.9 Å². The van der Waals surface area contributed by atoms with Crippen molar-refractivity contribution < 1.29 is 14.4 Å². The van der Waals surface area contributed by atoms with Gasteiger partial charge < -0.3 is 10.2 Å². The first kappa shape index (κ1) is 18.6. The molecule has 0 aliphatic carbocycles. The average Bonchev–Trinajstić information content (AvgIpc) is 2.89. The first-order valence-corrected chi connectivity index (χ1v) is 8.68. The predicted molar refractivity (Wildman–Crippen MR) is 102 cm³/mol. The summed E-state index contributed by atoms with van der Waals surface area (Å²) in [5.74, 6) is -0.513. The molecule has 27 heavy (non-hydrogen) atoms. The second kappa shape index (κ2) is 7.19. The first-order chi connectivity index (χ1) is 12.8. The smallest absolute Gasteiger partial charge is 0.262 e. The van der Waals surface area contributed by atoms with Gasteiger partial charge in [0.2, 0.25) is 5.91 Å². The van der Waals surface area contributed by atoms with Crippen molar-refractivity contribution in [2.45, 2.75) is 26.4 Å². The van der Waals surface area contributed by atoms with E-state index in [1.165, 1.54) is 0 Å². The lowest BCUT2D eigenvalue weighted by Gasteiger charge is -2.22. The van der Waals surface area contributed by atoms with E-state index in [0.29, 0.717) is 11.1 Å². The Kier molecular flexibility index (Phi) is 4.94. The number of carbonyl (C=O) groups excluding carboxylic acids is 3. The largest absolute Gasteiger partial charge is 0.362 e. The third kappa shape index (κ3) is 3.40. The van der Waals surface area contributed by atoms with E-state index in [2.05, 4.69) is 10.3 Å². The van der Waals surface area contributed by atoms with Crippen molar-refractivity contribution in [3.63, 3.8) is 0 Å². The molecule has 1 aliphatic rings. The van der Waals surface area contributed by atoms with Gasteiger partial charge in [-0.1, -0.05) is 17.7 Å². The summed E-state index contributed by atoms with van der Waals surface area (Å²) in [6.07, 6.45) is 1.68. The molecular formula is C20H22N4O3. The highest BCUT2D eigenvalue weighted by atomic mass is 16.2. The predicted octanol–water partition coefficient (Wildman–Crippen LogP) is 1.76. The Bertz CT molecular complexity index is 923. The fraction of sp³-hybridized carbons (Fsp3) is 0.300. The van der Waals surface area contributed by atoms with E-state index in [9.17, 15) is 14.4 Å². The SMILES string of the molecule is Cc1ccc2c(c1)C(=O)N(C(C)C(=O)NCc1cccnc1N(C)C)C2=O. The number of aromatic nitrogens is 1. The molecule has 1 N–H and O–H groups in total. The number of benzene rings is 1. The highest BCUT2D eigenvalue weighted by Crippen LogP contribution is 2.25. The van der Waals surface area contributed by atoms with Crippen LogP contribution in [0.4, 0.5) is 5.82 Å². The number of carbonyl (C=O) groups is 3. The van der Waals surface area contributed by atoms with Gasteiger partial charge in [0.05, 0.1) is 11.1 Å². The van der Waals surface area contributed by atoms with Gasteiger partial charge in [-0.25, -0.2) is 4.98 Å². The van der Waals surface area contributed by atoms with Crippen molar-refractivity contribution in [2.75, 3.05) is 19.0 Å². The Morgan fingerprint density at radius 3 is 2.59 bits per heavy atom. The molecule has 2 heterocycles. The summed E-state index contributed by atoms with van der Waals surface area (Å²) in [5, 5.41) is 2.80. The summed E-state index contributed by atoms with van der Waals surface area (Å²) in [5.41, 5.74) is 2.43. The van der Waals surface area contributed by atoms with Crippen LogP contribution in [-0.4, -0.2) is 47.7 Å². The van der Waals surface area contributed by atoms with E-state index in [1.807, 2.05) is 32.0 Å². The van der Waals surface area contributed by atoms with Crippen molar-refractivity contribution in [1.82, 2.24) is 15.2 Å². The van der Waals surface area contributed by atoms with Crippen LogP contribution < -0.4 is 10.2 Å². The van der Waals surface area contributed by atoms with Gasteiger partial charge in [-0.2, -0.15) is 0 Å². The lowest BCUT2D eigenvalue weighted by atomic mass is 10.1. The van der Waals surface area contributed by atoms with Crippen molar-refractivity contribution in [3.8, 4) is 0 Å². The van der Waals surface area contributed by atoms with Crippen LogP contribution >= 0.6 is 0 Å². The standard InChI is InChI=1S/C20H22N4O3/c1-12-7-8-15-16(10-12)20(27)24(19(15)26)13(2)18(25)22-11-14-6-5-9-21-17(14)23(3)4/h5-10,13H,11H2,1-4H3,(H,22,25). The van der Waals surface area contributed by atoms with Gasteiger partial charge in [0.25, 0.3) is 11.8 Å². The molecule has 0 spiro atoms. The van der Waals surface area contributed by atoms with E-state index in [0.717, 1.165) is 21.8 Å². The van der Waals surface area contributed by atoms with E-state index in [1.54, 1.807) is 37.4 Å². The molecule has 1 aliphatic heterocycles. The molecular weight excluding hydrogens is 344 g/mol. The monoisotopic (exact) mass is 366 g/mol. The van der Waals surface area contributed by atoms with E-state index < -0.39 is 23.8 Å². The van der Waals surface area contributed by atoms with Crippen LogP contribution in [0.2, 0.25) is 0 Å². The van der Waals surface area contributed by atoms with Gasteiger partial charge in [0.15, 0.2) is 0 Å². The third-order valence-corrected chi connectivity index (χ3v) is 4.58. The Morgan fingerprint density at radius 1 is 1.19 bits per heavy atom. The molecule has 140 valence electrons. The molecule has 1 unspecified atom stereocenters. The highest BCUT2D eigenvalue weighted by molar-refractivity contribution is 6.22. The molecule has 1 aromatic heterocycles. The number of rotatable bonds is 5. The highest BCUT2D eigenvalue weighted by Gasteiger charge is 2.40. The van der Waals surface area contributed by atoms with Gasteiger partial charge in [-0.05, 0) is 32.0 Å². The number of nitrogens with one attached hydrogen (secondary N) is 1. The van der Waals surface area contributed by atoms with Crippen LogP contribution in [-0.2, 0) is 11.3 Å². The lowest BCUT2D eigenvalue weighted by Crippen LogP contribution is -2.47. The van der Waals surface area contributed by atoms with Crippen LogP contribution in [0.1, 0.15) is 38.8 Å². The third-order valence-electron chi connectivity index (χ3n) is 4.58. The van der Waals surface area contributed by atoms with E-state index in [-0.39, 0.29) is 6.54 Å². The fourth-order valence-electron chi connectivity index (χ4n) is 3.14. The topological polar surface area (TPSA) is 82.6 Å². The van der Waals surface area contributed by atoms with Gasteiger partial charge in [0, 0.05) is 32.4 Å². The molecule has 2 aromatic rings. The summed E-state index contributed by atoms with van der Waals surface area (Å²) in [4.78, 5) is 45.0.